The molecule has 160 valence electrons. The zero-order chi connectivity index (χ0) is 21.8. The quantitative estimate of drug-likeness (QED) is 0.729. The smallest absolute Gasteiger partial charge is 0.410 e. The Morgan fingerprint density at radius 1 is 1.39 bits per heavy atom. The first-order valence-electron chi connectivity index (χ1n) is 10.4. The van der Waals surface area contributed by atoms with Gasteiger partial charge < -0.3 is 15.0 Å². The lowest BCUT2D eigenvalue weighted by Crippen LogP contribution is -2.34. The molecule has 0 saturated carbocycles. The zero-order valence-electron chi connectivity index (χ0n) is 17.4. The number of rotatable bonds is 4. The number of likely N-dealkylation sites (tertiary alicyclic amines) is 1. The largest absolute Gasteiger partial charge is 0.446 e. The van der Waals surface area contributed by atoms with E-state index in [0.29, 0.717) is 29.8 Å². The van der Waals surface area contributed by atoms with Crippen LogP contribution in [0.1, 0.15) is 46.4 Å². The van der Waals surface area contributed by atoms with Crippen molar-refractivity contribution >= 4 is 34.4 Å². The molecule has 0 radical (unpaired) electrons. The van der Waals surface area contributed by atoms with Gasteiger partial charge in [0.25, 0.3) is 0 Å². The second kappa shape index (κ2) is 9.31. The third-order valence-electron chi connectivity index (χ3n) is 5.69. The number of carbonyl (C=O) groups excluding carboxylic acids is 2. The van der Waals surface area contributed by atoms with Crippen LogP contribution in [0.5, 0.6) is 0 Å². The van der Waals surface area contributed by atoms with Gasteiger partial charge in [0.15, 0.2) is 0 Å². The van der Waals surface area contributed by atoms with Crippen LogP contribution in [0, 0.1) is 18.3 Å². The number of anilines is 1. The molecule has 8 heteroatoms. The summed E-state index contributed by atoms with van der Waals surface area (Å²) in [7, 11) is 0. The number of hydrogen-bond acceptors (Lipinski definition) is 6. The third-order valence-corrected chi connectivity index (χ3v) is 6.86. The van der Waals surface area contributed by atoms with Crippen LogP contribution in [0.15, 0.2) is 24.5 Å². The number of aromatic nitrogens is 1. The number of carbonyl (C=O) groups is 2. The number of hydrogen-bond donors (Lipinski definition) is 1. The van der Waals surface area contributed by atoms with Gasteiger partial charge in [-0.3, -0.25) is 9.78 Å². The standard InChI is InChI=1S/C23H24N4O3S/c1-15-8-9-25-14-16(15)4-7-21(28)26-22-19(13-24)18-6-5-17(12-20(18)31-22)30-23(29)27-10-2-3-11-27/h4,7-9,14,17H,2-3,5-6,10-12H2,1H3,(H,26,28)/b7-4+. The van der Waals surface area contributed by atoms with Crippen molar-refractivity contribution in [1.29, 1.82) is 5.26 Å². The minimum atomic E-state index is -0.296. The Morgan fingerprint density at radius 3 is 2.94 bits per heavy atom. The Bertz CT molecular complexity index is 1060. The van der Waals surface area contributed by atoms with E-state index in [0.717, 1.165) is 47.5 Å². The number of ether oxygens (including phenoxy) is 1. The molecule has 0 aromatic carbocycles. The van der Waals surface area contributed by atoms with Gasteiger partial charge in [0.1, 0.15) is 17.2 Å². The highest BCUT2D eigenvalue weighted by atomic mass is 32.1. The Kier molecular flexibility index (Phi) is 6.33. The van der Waals surface area contributed by atoms with Gasteiger partial charge in [-0.05, 0) is 61.4 Å². The zero-order valence-corrected chi connectivity index (χ0v) is 18.2. The molecule has 1 aliphatic heterocycles. The van der Waals surface area contributed by atoms with Crippen molar-refractivity contribution < 1.29 is 14.3 Å². The van der Waals surface area contributed by atoms with Gasteiger partial charge in [0, 0.05) is 42.9 Å². The average Bonchev–Trinajstić information content (AvgIpc) is 3.40. The summed E-state index contributed by atoms with van der Waals surface area (Å²) in [5, 5.41) is 13.1. The fourth-order valence-electron chi connectivity index (χ4n) is 3.95. The molecule has 1 unspecified atom stereocenters. The molecule has 2 amide bonds. The summed E-state index contributed by atoms with van der Waals surface area (Å²) >= 11 is 1.40. The predicted octanol–water partition coefficient (Wildman–Crippen LogP) is 4.06. The Labute approximate surface area is 185 Å². The first-order chi connectivity index (χ1) is 15.0. The maximum atomic E-state index is 12.4. The molecule has 0 bridgehead atoms. The summed E-state index contributed by atoms with van der Waals surface area (Å²) in [5.41, 5.74) is 3.37. The van der Waals surface area contributed by atoms with E-state index >= 15 is 0 Å². The van der Waals surface area contributed by atoms with Gasteiger partial charge in [-0.1, -0.05) is 0 Å². The van der Waals surface area contributed by atoms with Crippen molar-refractivity contribution in [3.8, 4) is 6.07 Å². The van der Waals surface area contributed by atoms with Crippen molar-refractivity contribution in [3.05, 3.63) is 51.7 Å². The number of nitrogens with one attached hydrogen (secondary N) is 1. The summed E-state index contributed by atoms with van der Waals surface area (Å²) in [6, 6.07) is 4.12. The number of nitriles is 1. The van der Waals surface area contributed by atoms with E-state index in [-0.39, 0.29) is 18.1 Å². The van der Waals surface area contributed by atoms with Crippen molar-refractivity contribution in [1.82, 2.24) is 9.88 Å². The molecular formula is C23H24N4O3S. The molecule has 2 aromatic heterocycles. The van der Waals surface area contributed by atoms with Gasteiger partial charge in [-0.15, -0.1) is 11.3 Å². The van der Waals surface area contributed by atoms with Crippen LogP contribution >= 0.6 is 11.3 Å². The monoisotopic (exact) mass is 436 g/mol. The van der Waals surface area contributed by atoms with Crippen LogP contribution in [0.25, 0.3) is 6.08 Å². The summed E-state index contributed by atoms with van der Waals surface area (Å²) in [5.74, 6) is -0.296. The van der Waals surface area contributed by atoms with Crippen molar-refractivity contribution in [2.75, 3.05) is 18.4 Å². The van der Waals surface area contributed by atoms with Gasteiger partial charge in [0.05, 0.1) is 5.56 Å². The Hall–Kier alpha value is -3.18. The molecule has 4 rings (SSSR count). The lowest BCUT2D eigenvalue weighted by atomic mass is 9.94. The van der Waals surface area contributed by atoms with E-state index in [1.165, 1.54) is 17.4 Å². The highest BCUT2D eigenvalue weighted by Gasteiger charge is 2.30. The number of aryl methyl sites for hydroxylation is 1. The molecule has 1 N–H and O–H groups in total. The lowest BCUT2D eigenvalue weighted by Gasteiger charge is -2.25. The molecule has 2 aliphatic rings. The van der Waals surface area contributed by atoms with E-state index in [2.05, 4.69) is 16.4 Å². The SMILES string of the molecule is Cc1ccncc1/C=C/C(=O)Nc1sc2c(c1C#N)CCC(OC(=O)N1CCCC1)C2. The van der Waals surface area contributed by atoms with Crippen molar-refractivity contribution in [2.24, 2.45) is 0 Å². The Morgan fingerprint density at radius 2 is 2.19 bits per heavy atom. The molecule has 3 heterocycles. The maximum absolute atomic E-state index is 12.4. The second-order valence-corrected chi connectivity index (χ2v) is 8.92. The minimum absolute atomic E-state index is 0.192. The van der Waals surface area contributed by atoms with Gasteiger partial charge in [-0.2, -0.15) is 5.26 Å². The molecule has 31 heavy (non-hydrogen) atoms. The first-order valence-corrected chi connectivity index (χ1v) is 11.3. The highest BCUT2D eigenvalue weighted by molar-refractivity contribution is 7.16. The number of thiophene rings is 1. The van der Waals surface area contributed by atoms with Crippen molar-refractivity contribution in [3.63, 3.8) is 0 Å². The Balaban J connectivity index is 1.43. The molecule has 2 aromatic rings. The predicted molar refractivity (Wildman–Crippen MR) is 119 cm³/mol. The van der Waals surface area contributed by atoms with E-state index < -0.39 is 0 Å². The second-order valence-electron chi connectivity index (χ2n) is 7.82. The summed E-state index contributed by atoms with van der Waals surface area (Å²) < 4.78 is 5.70. The van der Waals surface area contributed by atoms with Crippen LogP contribution < -0.4 is 5.32 Å². The summed E-state index contributed by atoms with van der Waals surface area (Å²) in [4.78, 5) is 31.6. The molecule has 0 spiro atoms. The van der Waals surface area contributed by atoms with Crippen molar-refractivity contribution in [2.45, 2.75) is 45.1 Å². The molecular weight excluding hydrogens is 412 g/mol. The fourth-order valence-corrected chi connectivity index (χ4v) is 5.21. The van der Waals surface area contributed by atoms with E-state index in [4.69, 9.17) is 4.74 Å². The summed E-state index contributed by atoms with van der Waals surface area (Å²) in [6.07, 6.45) is 10.1. The third kappa shape index (κ3) is 4.78. The van der Waals surface area contributed by atoms with Gasteiger partial charge in [0.2, 0.25) is 5.91 Å². The highest BCUT2D eigenvalue weighted by Crippen LogP contribution is 2.38. The molecule has 1 fully saturated rings. The number of fused-ring (bicyclic) bond motifs is 1. The summed E-state index contributed by atoms with van der Waals surface area (Å²) in [6.45, 7) is 3.47. The maximum Gasteiger partial charge on any atom is 0.410 e. The van der Waals surface area contributed by atoms with Crippen LogP contribution in [0.4, 0.5) is 9.80 Å². The topological polar surface area (TPSA) is 95.3 Å². The van der Waals surface area contributed by atoms with Crippen LogP contribution in [0.3, 0.4) is 0 Å². The van der Waals surface area contributed by atoms with Gasteiger partial charge in [-0.25, -0.2) is 4.79 Å². The molecule has 1 aliphatic carbocycles. The van der Waals surface area contributed by atoms with Crippen LogP contribution in [0.2, 0.25) is 0 Å². The van der Waals surface area contributed by atoms with E-state index in [9.17, 15) is 14.9 Å². The van der Waals surface area contributed by atoms with E-state index in [1.54, 1.807) is 23.4 Å². The van der Waals surface area contributed by atoms with Crippen LogP contribution in [-0.4, -0.2) is 41.1 Å². The first kappa shape index (κ1) is 21.1. The number of nitrogens with zero attached hydrogens (tertiary/aromatic N) is 3. The molecule has 7 nitrogen and oxygen atoms in total. The van der Waals surface area contributed by atoms with Gasteiger partial charge >= 0.3 is 6.09 Å². The van der Waals surface area contributed by atoms with Crippen LogP contribution in [-0.2, 0) is 22.4 Å². The molecule has 1 saturated heterocycles. The normalized spacial score (nSPS) is 17.9. The number of pyridine rings is 1. The number of amides is 2. The fraction of sp³-hybridized carbons (Fsp3) is 0.391. The molecule has 1 atom stereocenters. The lowest BCUT2D eigenvalue weighted by molar-refractivity contribution is -0.111. The average molecular weight is 437 g/mol. The van der Waals surface area contributed by atoms with E-state index in [1.807, 2.05) is 13.0 Å². The minimum Gasteiger partial charge on any atom is -0.446 e.